The van der Waals surface area contributed by atoms with Crippen molar-refractivity contribution in [3.05, 3.63) is 24.8 Å². The fourth-order valence-electron chi connectivity index (χ4n) is 1.28. The number of carbonyl (C=O) groups excluding carboxylic acids is 1. The number of nitriles is 1. The average Bonchev–Trinajstić information content (AvgIpc) is 2.19. The van der Waals surface area contributed by atoms with Gasteiger partial charge < -0.3 is 0 Å². The standard InChI is InChI=1S/C11H9NO/c1-3-11(4-2)6-5-10(13)9(7-11)8-12/h1,4-6,9H,2,7H2. The van der Waals surface area contributed by atoms with Crippen LogP contribution < -0.4 is 0 Å². The summed E-state index contributed by atoms with van der Waals surface area (Å²) in [7, 11) is 0. The fourth-order valence-corrected chi connectivity index (χ4v) is 1.28. The molecule has 0 bridgehead atoms. The van der Waals surface area contributed by atoms with E-state index in [9.17, 15) is 4.79 Å². The summed E-state index contributed by atoms with van der Waals surface area (Å²) in [6.07, 6.45) is 10.3. The Kier molecular flexibility index (Phi) is 2.35. The highest BCUT2D eigenvalue weighted by molar-refractivity contribution is 5.94. The zero-order valence-electron chi connectivity index (χ0n) is 7.16. The van der Waals surface area contributed by atoms with Crippen LogP contribution in [0.5, 0.6) is 0 Å². The molecular formula is C11H9NO. The summed E-state index contributed by atoms with van der Waals surface area (Å²) in [5.41, 5.74) is -0.617. The number of allylic oxidation sites excluding steroid dienone is 3. The van der Waals surface area contributed by atoms with E-state index in [0.717, 1.165) is 0 Å². The topological polar surface area (TPSA) is 40.9 Å². The van der Waals surface area contributed by atoms with Crippen LogP contribution in [0.4, 0.5) is 0 Å². The quantitative estimate of drug-likeness (QED) is 0.442. The Morgan fingerprint density at radius 2 is 2.54 bits per heavy atom. The predicted molar refractivity (Wildman–Crippen MR) is 49.3 cm³/mol. The van der Waals surface area contributed by atoms with Gasteiger partial charge in [-0.25, -0.2) is 0 Å². The van der Waals surface area contributed by atoms with Crippen LogP contribution >= 0.6 is 0 Å². The molecule has 0 saturated heterocycles. The van der Waals surface area contributed by atoms with Gasteiger partial charge in [0.05, 0.1) is 11.5 Å². The molecule has 0 amide bonds. The molecule has 0 saturated carbocycles. The van der Waals surface area contributed by atoms with Crippen molar-refractivity contribution in [1.29, 1.82) is 5.26 Å². The number of hydrogen-bond donors (Lipinski definition) is 0. The second kappa shape index (κ2) is 3.29. The van der Waals surface area contributed by atoms with Crippen molar-refractivity contribution in [2.75, 3.05) is 0 Å². The summed E-state index contributed by atoms with van der Waals surface area (Å²) in [5.74, 6) is 1.75. The van der Waals surface area contributed by atoms with E-state index < -0.39 is 11.3 Å². The molecule has 0 heterocycles. The highest BCUT2D eigenvalue weighted by Crippen LogP contribution is 2.32. The minimum Gasteiger partial charge on any atom is -0.293 e. The molecule has 1 aliphatic carbocycles. The van der Waals surface area contributed by atoms with E-state index in [2.05, 4.69) is 12.5 Å². The second-order valence-electron chi connectivity index (χ2n) is 3.01. The Balaban J connectivity index is 3.06. The molecule has 2 heteroatoms. The van der Waals surface area contributed by atoms with Crippen LogP contribution in [0.15, 0.2) is 24.8 Å². The van der Waals surface area contributed by atoms with Crippen LogP contribution in [0.1, 0.15) is 6.42 Å². The van der Waals surface area contributed by atoms with E-state index in [0.29, 0.717) is 6.42 Å². The molecule has 2 atom stereocenters. The molecule has 1 aliphatic rings. The van der Waals surface area contributed by atoms with Gasteiger partial charge in [-0.3, -0.25) is 4.79 Å². The first kappa shape index (κ1) is 9.29. The third-order valence-electron chi connectivity index (χ3n) is 2.22. The van der Waals surface area contributed by atoms with Crippen molar-refractivity contribution in [1.82, 2.24) is 0 Å². The molecule has 0 aromatic carbocycles. The predicted octanol–water partition coefficient (Wildman–Crippen LogP) is 1.46. The molecule has 0 radical (unpaired) electrons. The van der Waals surface area contributed by atoms with Crippen LogP contribution in [0.2, 0.25) is 0 Å². The number of ketones is 1. The van der Waals surface area contributed by atoms with Gasteiger partial charge >= 0.3 is 0 Å². The van der Waals surface area contributed by atoms with Crippen LogP contribution in [0.3, 0.4) is 0 Å². The first-order chi connectivity index (χ1) is 6.17. The van der Waals surface area contributed by atoms with Crippen LogP contribution in [-0.4, -0.2) is 5.78 Å². The summed E-state index contributed by atoms with van der Waals surface area (Å²) >= 11 is 0. The van der Waals surface area contributed by atoms with Crippen molar-refractivity contribution in [3.63, 3.8) is 0 Å². The zero-order valence-corrected chi connectivity index (χ0v) is 7.16. The Morgan fingerprint density at radius 1 is 1.85 bits per heavy atom. The van der Waals surface area contributed by atoms with Gasteiger partial charge in [-0.1, -0.05) is 18.1 Å². The SMILES string of the molecule is C#CC1(C=C)C=CC(=O)C(C#N)C1. The minimum atomic E-state index is -0.626. The van der Waals surface area contributed by atoms with Gasteiger partial charge in [-0.15, -0.1) is 13.0 Å². The van der Waals surface area contributed by atoms with Crippen LogP contribution in [0, 0.1) is 35.0 Å². The first-order valence-corrected chi connectivity index (χ1v) is 3.91. The molecular weight excluding hydrogens is 162 g/mol. The van der Waals surface area contributed by atoms with Gasteiger partial charge in [0.15, 0.2) is 5.78 Å². The first-order valence-electron chi connectivity index (χ1n) is 3.91. The number of hydrogen-bond acceptors (Lipinski definition) is 2. The molecule has 0 aromatic heterocycles. The third kappa shape index (κ3) is 1.53. The largest absolute Gasteiger partial charge is 0.293 e. The van der Waals surface area contributed by atoms with Gasteiger partial charge in [0.2, 0.25) is 0 Å². The second-order valence-corrected chi connectivity index (χ2v) is 3.01. The van der Waals surface area contributed by atoms with E-state index in [4.69, 9.17) is 11.7 Å². The monoisotopic (exact) mass is 171 g/mol. The third-order valence-corrected chi connectivity index (χ3v) is 2.22. The van der Waals surface area contributed by atoms with E-state index in [1.165, 1.54) is 6.08 Å². The molecule has 0 fully saturated rings. The van der Waals surface area contributed by atoms with E-state index in [1.54, 1.807) is 12.2 Å². The summed E-state index contributed by atoms with van der Waals surface area (Å²) in [6.45, 7) is 3.61. The average molecular weight is 171 g/mol. The lowest BCUT2D eigenvalue weighted by molar-refractivity contribution is -0.117. The number of rotatable bonds is 1. The van der Waals surface area contributed by atoms with Gasteiger partial charge in [0.1, 0.15) is 5.92 Å². The summed E-state index contributed by atoms with van der Waals surface area (Å²) < 4.78 is 0. The molecule has 0 N–H and O–H groups in total. The lowest BCUT2D eigenvalue weighted by Gasteiger charge is -2.25. The van der Waals surface area contributed by atoms with Crippen LogP contribution in [0.25, 0.3) is 0 Å². The molecule has 13 heavy (non-hydrogen) atoms. The molecule has 0 spiro atoms. The van der Waals surface area contributed by atoms with E-state index >= 15 is 0 Å². The normalized spacial score (nSPS) is 31.8. The van der Waals surface area contributed by atoms with Crippen molar-refractivity contribution < 1.29 is 4.79 Å². The Morgan fingerprint density at radius 3 is 3.00 bits per heavy atom. The van der Waals surface area contributed by atoms with Crippen molar-refractivity contribution in [3.8, 4) is 18.4 Å². The van der Waals surface area contributed by atoms with Gasteiger partial charge in [0.25, 0.3) is 0 Å². The summed E-state index contributed by atoms with van der Waals surface area (Å²) in [6, 6.07) is 1.93. The molecule has 0 aliphatic heterocycles. The Hall–Kier alpha value is -1.80. The maximum Gasteiger partial charge on any atom is 0.172 e. The van der Waals surface area contributed by atoms with Gasteiger partial charge in [-0.05, 0) is 12.5 Å². The maximum atomic E-state index is 11.1. The van der Waals surface area contributed by atoms with E-state index in [-0.39, 0.29) is 5.78 Å². The summed E-state index contributed by atoms with van der Waals surface area (Å²) in [4.78, 5) is 11.1. The van der Waals surface area contributed by atoms with Crippen molar-refractivity contribution >= 4 is 5.78 Å². The number of nitrogens with zero attached hydrogens (tertiary/aromatic N) is 1. The lowest BCUT2D eigenvalue weighted by atomic mass is 9.75. The molecule has 2 nitrogen and oxygen atoms in total. The molecule has 1 rings (SSSR count). The minimum absolute atomic E-state index is 0.171. The smallest absolute Gasteiger partial charge is 0.172 e. The molecule has 0 aromatic rings. The number of terminal acetylenes is 1. The van der Waals surface area contributed by atoms with Crippen molar-refractivity contribution in [2.45, 2.75) is 6.42 Å². The highest BCUT2D eigenvalue weighted by atomic mass is 16.1. The zero-order chi connectivity index (χ0) is 9.90. The lowest BCUT2D eigenvalue weighted by Crippen LogP contribution is -2.26. The molecule has 64 valence electrons. The summed E-state index contributed by atoms with van der Waals surface area (Å²) in [5, 5.41) is 8.68. The fraction of sp³-hybridized carbons (Fsp3) is 0.273. The van der Waals surface area contributed by atoms with Crippen molar-refractivity contribution in [2.24, 2.45) is 11.3 Å². The maximum absolute atomic E-state index is 11.1. The Labute approximate surface area is 77.6 Å². The Bertz CT molecular complexity index is 353. The van der Waals surface area contributed by atoms with E-state index in [1.807, 2.05) is 6.07 Å². The van der Waals surface area contributed by atoms with Gasteiger partial charge in [-0.2, -0.15) is 5.26 Å². The van der Waals surface area contributed by atoms with Crippen LogP contribution in [-0.2, 0) is 4.79 Å². The highest BCUT2D eigenvalue weighted by Gasteiger charge is 2.32. The molecule has 2 unspecified atom stereocenters. The number of carbonyl (C=O) groups is 1. The van der Waals surface area contributed by atoms with Gasteiger partial charge in [0, 0.05) is 0 Å².